The number of carbonyl (C=O) groups is 2. The van der Waals surface area contributed by atoms with Crippen molar-refractivity contribution in [3.63, 3.8) is 0 Å². The molecule has 0 radical (unpaired) electrons. The monoisotopic (exact) mass is 290 g/mol. The maximum atomic E-state index is 12.3. The van der Waals surface area contributed by atoms with Crippen LogP contribution in [-0.4, -0.2) is 43.4 Å². The minimum atomic E-state index is -0.380. The third-order valence-corrected chi connectivity index (χ3v) is 3.80. The molecule has 4 N–H and O–H groups in total. The van der Waals surface area contributed by atoms with E-state index in [-0.39, 0.29) is 17.9 Å². The lowest BCUT2D eigenvalue weighted by Gasteiger charge is -2.37. The van der Waals surface area contributed by atoms with Gasteiger partial charge in [-0.05, 0) is 37.5 Å². The molecule has 0 aliphatic carbocycles. The molecule has 1 aliphatic rings. The van der Waals surface area contributed by atoms with Gasteiger partial charge in [-0.25, -0.2) is 0 Å². The molecule has 6 nitrogen and oxygen atoms in total. The Bertz CT molecular complexity index is 557. The molecule has 0 spiro atoms. The number of piperidine rings is 1. The Labute approximate surface area is 124 Å². The molecular formula is C15H22N4O2. The van der Waals surface area contributed by atoms with Crippen molar-refractivity contribution in [1.29, 1.82) is 0 Å². The van der Waals surface area contributed by atoms with Gasteiger partial charge in [-0.1, -0.05) is 0 Å². The smallest absolute Gasteiger partial charge is 0.255 e. The third-order valence-electron chi connectivity index (χ3n) is 3.80. The van der Waals surface area contributed by atoms with Gasteiger partial charge in [0.1, 0.15) is 6.04 Å². The fourth-order valence-corrected chi connectivity index (χ4v) is 2.72. The first-order valence-electron chi connectivity index (χ1n) is 7.09. The topological polar surface area (TPSA) is 92.7 Å². The first-order valence-corrected chi connectivity index (χ1v) is 7.09. The Kier molecular flexibility index (Phi) is 4.35. The number of primary amides is 1. The number of amides is 2. The molecule has 1 heterocycles. The molecule has 1 aliphatic heterocycles. The summed E-state index contributed by atoms with van der Waals surface area (Å²) in [6.45, 7) is 0.699. The summed E-state index contributed by atoms with van der Waals surface area (Å²) in [6.07, 6.45) is 2.64. The summed E-state index contributed by atoms with van der Waals surface area (Å²) in [5.41, 5.74) is 13.2. The molecule has 2 amide bonds. The molecule has 1 saturated heterocycles. The van der Waals surface area contributed by atoms with E-state index in [2.05, 4.69) is 0 Å². The summed E-state index contributed by atoms with van der Waals surface area (Å²) in [5.74, 6) is -0.473. The fourth-order valence-electron chi connectivity index (χ4n) is 2.72. The van der Waals surface area contributed by atoms with Gasteiger partial charge in [-0.3, -0.25) is 9.59 Å². The molecule has 114 valence electrons. The van der Waals surface area contributed by atoms with Crippen molar-refractivity contribution < 1.29 is 9.59 Å². The molecule has 0 aromatic heterocycles. The van der Waals surface area contributed by atoms with Crippen LogP contribution in [0.25, 0.3) is 0 Å². The van der Waals surface area contributed by atoms with E-state index in [9.17, 15) is 9.59 Å². The minimum Gasteiger partial charge on any atom is -0.399 e. The number of anilines is 2. The SMILES string of the molecule is CN(C)C(=O)c1ccc(N)cc1N1CCCCC1C(N)=O. The number of nitrogens with two attached hydrogens (primary N) is 2. The number of nitrogens with zero attached hydrogens (tertiary/aromatic N) is 2. The van der Waals surface area contributed by atoms with Crippen molar-refractivity contribution in [3.8, 4) is 0 Å². The third kappa shape index (κ3) is 3.09. The molecule has 1 atom stereocenters. The second kappa shape index (κ2) is 6.03. The van der Waals surface area contributed by atoms with Gasteiger partial charge in [0.25, 0.3) is 5.91 Å². The molecule has 0 bridgehead atoms. The zero-order valence-electron chi connectivity index (χ0n) is 12.5. The Morgan fingerprint density at radius 2 is 2.00 bits per heavy atom. The van der Waals surface area contributed by atoms with E-state index in [1.54, 1.807) is 32.3 Å². The van der Waals surface area contributed by atoms with Gasteiger partial charge >= 0.3 is 0 Å². The van der Waals surface area contributed by atoms with E-state index in [0.29, 0.717) is 29.9 Å². The summed E-state index contributed by atoms with van der Waals surface area (Å²) in [7, 11) is 3.40. The lowest BCUT2D eigenvalue weighted by molar-refractivity contribution is -0.119. The number of nitrogen functional groups attached to an aromatic ring is 1. The number of hydrogen-bond donors (Lipinski definition) is 2. The van der Waals surface area contributed by atoms with E-state index < -0.39 is 0 Å². The number of rotatable bonds is 3. The second-order valence-electron chi connectivity index (χ2n) is 5.58. The molecule has 6 heteroatoms. The highest BCUT2D eigenvalue weighted by Crippen LogP contribution is 2.30. The minimum absolute atomic E-state index is 0.112. The molecule has 2 rings (SSSR count). The molecule has 1 aromatic rings. The summed E-state index contributed by atoms with van der Waals surface area (Å²) in [5, 5.41) is 0. The first-order chi connectivity index (χ1) is 9.91. The zero-order valence-corrected chi connectivity index (χ0v) is 12.5. The van der Waals surface area contributed by atoms with Crippen molar-refractivity contribution in [3.05, 3.63) is 23.8 Å². The second-order valence-corrected chi connectivity index (χ2v) is 5.58. The highest BCUT2D eigenvalue weighted by molar-refractivity contribution is 6.01. The lowest BCUT2D eigenvalue weighted by atomic mass is 9.98. The Balaban J connectivity index is 2.47. The van der Waals surface area contributed by atoms with Crippen molar-refractivity contribution in [2.75, 3.05) is 31.3 Å². The highest BCUT2D eigenvalue weighted by Gasteiger charge is 2.30. The van der Waals surface area contributed by atoms with Crippen LogP contribution in [-0.2, 0) is 4.79 Å². The van der Waals surface area contributed by atoms with Crippen LogP contribution in [0.3, 0.4) is 0 Å². The fraction of sp³-hybridized carbons (Fsp3) is 0.467. The normalized spacial score (nSPS) is 18.4. The summed E-state index contributed by atoms with van der Waals surface area (Å²) in [6, 6.07) is 4.77. The molecule has 1 unspecified atom stereocenters. The Morgan fingerprint density at radius 1 is 1.29 bits per heavy atom. The van der Waals surface area contributed by atoms with Gasteiger partial charge in [0.15, 0.2) is 0 Å². The van der Waals surface area contributed by atoms with E-state index >= 15 is 0 Å². The molecule has 1 aromatic carbocycles. The van der Waals surface area contributed by atoms with Crippen LogP contribution in [0.2, 0.25) is 0 Å². The van der Waals surface area contributed by atoms with Crippen molar-refractivity contribution in [2.45, 2.75) is 25.3 Å². The van der Waals surface area contributed by atoms with Gasteiger partial charge in [0.05, 0.1) is 11.3 Å². The molecule has 1 fully saturated rings. The Hall–Kier alpha value is -2.24. The predicted octanol–water partition coefficient (Wildman–Crippen LogP) is 0.815. The highest BCUT2D eigenvalue weighted by atomic mass is 16.2. The quantitative estimate of drug-likeness (QED) is 0.806. The van der Waals surface area contributed by atoms with Crippen LogP contribution in [0.4, 0.5) is 11.4 Å². The van der Waals surface area contributed by atoms with Crippen LogP contribution >= 0.6 is 0 Å². The van der Waals surface area contributed by atoms with Crippen molar-refractivity contribution in [2.24, 2.45) is 5.73 Å². The Morgan fingerprint density at radius 3 is 2.62 bits per heavy atom. The van der Waals surface area contributed by atoms with E-state index in [4.69, 9.17) is 11.5 Å². The van der Waals surface area contributed by atoms with Crippen LogP contribution in [0, 0.1) is 0 Å². The maximum absolute atomic E-state index is 12.3. The van der Waals surface area contributed by atoms with Gasteiger partial charge in [-0.2, -0.15) is 0 Å². The van der Waals surface area contributed by atoms with Gasteiger partial charge in [-0.15, -0.1) is 0 Å². The largest absolute Gasteiger partial charge is 0.399 e. The number of hydrogen-bond acceptors (Lipinski definition) is 4. The number of carbonyl (C=O) groups excluding carboxylic acids is 2. The standard InChI is InChI=1S/C15H22N4O2/c1-18(2)15(21)11-7-6-10(16)9-13(11)19-8-4-3-5-12(19)14(17)20/h6-7,9,12H,3-5,8,16H2,1-2H3,(H2,17,20). The molecule has 21 heavy (non-hydrogen) atoms. The summed E-state index contributed by atoms with van der Waals surface area (Å²) < 4.78 is 0. The van der Waals surface area contributed by atoms with E-state index in [1.807, 2.05) is 4.90 Å². The maximum Gasteiger partial charge on any atom is 0.255 e. The lowest BCUT2D eigenvalue weighted by Crippen LogP contribution is -2.48. The summed E-state index contributed by atoms with van der Waals surface area (Å²) >= 11 is 0. The van der Waals surface area contributed by atoms with Crippen molar-refractivity contribution in [1.82, 2.24) is 4.90 Å². The average Bonchev–Trinajstić information content (AvgIpc) is 2.46. The zero-order chi connectivity index (χ0) is 15.6. The van der Waals surface area contributed by atoms with E-state index in [1.165, 1.54) is 4.90 Å². The van der Waals surface area contributed by atoms with Crippen LogP contribution in [0.5, 0.6) is 0 Å². The van der Waals surface area contributed by atoms with Crippen LogP contribution < -0.4 is 16.4 Å². The van der Waals surface area contributed by atoms with Gasteiger partial charge < -0.3 is 21.3 Å². The van der Waals surface area contributed by atoms with Crippen LogP contribution in [0.15, 0.2) is 18.2 Å². The van der Waals surface area contributed by atoms with Gasteiger partial charge in [0.2, 0.25) is 5.91 Å². The average molecular weight is 290 g/mol. The summed E-state index contributed by atoms with van der Waals surface area (Å²) in [4.78, 5) is 27.5. The van der Waals surface area contributed by atoms with Crippen LogP contribution in [0.1, 0.15) is 29.6 Å². The predicted molar refractivity (Wildman–Crippen MR) is 83.1 cm³/mol. The van der Waals surface area contributed by atoms with E-state index in [0.717, 1.165) is 12.8 Å². The molecule has 0 saturated carbocycles. The molecular weight excluding hydrogens is 268 g/mol. The van der Waals surface area contributed by atoms with Gasteiger partial charge in [0, 0.05) is 26.3 Å². The number of benzene rings is 1. The first kappa shape index (κ1) is 15.2. The van der Waals surface area contributed by atoms with Crippen molar-refractivity contribution >= 4 is 23.2 Å².